The predicted molar refractivity (Wildman–Crippen MR) is 99.3 cm³/mol. The second kappa shape index (κ2) is 6.61. The van der Waals surface area contributed by atoms with E-state index in [0.717, 1.165) is 16.7 Å². The van der Waals surface area contributed by atoms with Crippen molar-refractivity contribution < 1.29 is 9.90 Å². The smallest absolute Gasteiger partial charge is 0.273 e. The highest BCUT2D eigenvalue weighted by atomic mass is 35.5. The van der Waals surface area contributed by atoms with Gasteiger partial charge >= 0.3 is 0 Å². The van der Waals surface area contributed by atoms with Gasteiger partial charge in [0.25, 0.3) is 5.91 Å². The Morgan fingerprint density at radius 3 is 2.56 bits per heavy atom. The van der Waals surface area contributed by atoms with Crippen molar-refractivity contribution in [2.24, 2.45) is 0 Å². The van der Waals surface area contributed by atoms with Gasteiger partial charge in [0.1, 0.15) is 11.4 Å². The number of benzene rings is 2. The van der Waals surface area contributed by atoms with Crippen molar-refractivity contribution in [3.8, 4) is 17.0 Å². The number of H-pyrrole nitrogens is 1. The van der Waals surface area contributed by atoms with Gasteiger partial charge in [-0.15, -0.1) is 0 Å². The Bertz CT molecular complexity index is 940. The number of phenolic OH excluding ortho intramolecular Hbond substituents is 1. The maximum absolute atomic E-state index is 12.4. The zero-order valence-corrected chi connectivity index (χ0v) is 14.9. The van der Waals surface area contributed by atoms with Gasteiger partial charge in [0.05, 0.1) is 5.69 Å². The van der Waals surface area contributed by atoms with Crippen LogP contribution in [0.4, 0.5) is 5.69 Å². The van der Waals surface area contributed by atoms with Crippen LogP contribution < -0.4 is 5.32 Å². The minimum atomic E-state index is -0.315. The number of phenols is 1. The van der Waals surface area contributed by atoms with Crippen molar-refractivity contribution in [2.75, 3.05) is 5.32 Å². The van der Waals surface area contributed by atoms with E-state index in [4.69, 9.17) is 11.6 Å². The molecule has 3 N–H and O–H groups in total. The highest BCUT2D eigenvalue weighted by Gasteiger charge is 2.16. The lowest BCUT2D eigenvalue weighted by Gasteiger charge is -2.07. The van der Waals surface area contributed by atoms with Crippen LogP contribution in [0.2, 0.25) is 5.02 Å². The molecule has 0 saturated carbocycles. The number of carbonyl (C=O) groups excluding carboxylic acids is 1. The number of carbonyl (C=O) groups is 1. The summed E-state index contributed by atoms with van der Waals surface area (Å²) in [5.41, 5.74) is 4.83. The summed E-state index contributed by atoms with van der Waals surface area (Å²) < 4.78 is 0. The molecule has 3 rings (SSSR count). The van der Waals surface area contributed by atoms with Crippen LogP contribution in [0.5, 0.6) is 5.75 Å². The zero-order chi connectivity index (χ0) is 18.1. The molecule has 25 heavy (non-hydrogen) atoms. The van der Waals surface area contributed by atoms with Crippen molar-refractivity contribution >= 4 is 23.2 Å². The maximum atomic E-state index is 12.4. The Kier molecular flexibility index (Phi) is 4.51. The topological polar surface area (TPSA) is 78.0 Å². The molecular weight excluding hydrogens is 338 g/mol. The quantitative estimate of drug-likeness (QED) is 0.641. The van der Waals surface area contributed by atoms with E-state index >= 15 is 0 Å². The van der Waals surface area contributed by atoms with E-state index in [1.807, 2.05) is 26.8 Å². The molecule has 0 aliphatic heterocycles. The Balaban J connectivity index is 1.86. The van der Waals surface area contributed by atoms with Crippen LogP contribution in [0.3, 0.4) is 0 Å². The number of rotatable bonds is 3. The van der Waals surface area contributed by atoms with Gasteiger partial charge in [-0.1, -0.05) is 17.7 Å². The molecular formula is C19H18ClN3O2. The Morgan fingerprint density at radius 2 is 1.88 bits per heavy atom. The summed E-state index contributed by atoms with van der Waals surface area (Å²) in [7, 11) is 0. The molecule has 0 spiro atoms. The van der Waals surface area contributed by atoms with Crippen LogP contribution in [-0.4, -0.2) is 21.2 Å². The number of aryl methyl sites for hydroxylation is 3. The van der Waals surface area contributed by atoms with Crippen LogP contribution in [0.1, 0.15) is 27.2 Å². The lowest BCUT2D eigenvalue weighted by molar-refractivity contribution is 0.102. The Labute approximate surface area is 150 Å². The number of halogens is 1. The average molecular weight is 356 g/mol. The Morgan fingerprint density at radius 1 is 1.12 bits per heavy atom. The fourth-order valence-electron chi connectivity index (χ4n) is 2.77. The number of anilines is 1. The Hall–Kier alpha value is -2.79. The molecule has 0 radical (unpaired) electrons. The first-order valence-electron chi connectivity index (χ1n) is 7.78. The summed E-state index contributed by atoms with van der Waals surface area (Å²) in [4.78, 5) is 12.4. The molecule has 1 aromatic heterocycles. The number of hydrogen-bond donors (Lipinski definition) is 3. The predicted octanol–water partition coefficient (Wildman–Crippen LogP) is 4.61. The number of aromatic amines is 1. The zero-order valence-electron chi connectivity index (χ0n) is 14.1. The second-order valence-electron chi connectivity index (χ2n) is 6.06. The second-order valence-corrected chi connectivity index (χ2v) is 6.47. The molecule has 0 unspecified atom stereocenters. The molecule has 0 aliphatic carbocycles. The number of nitrogens with one attached hydrogen (secondary N) is 2. The third-order valence-corrected chi connectivity index (χ3v) is 4.38. The van der Waals surface area contributed by atoms with E-state index < -0.39 is 0 Å². The van der Waals surface area contributed by atoms with Crippen LogP contribution in [0.15, 0.2) is 36.4 Å². The lowest BCUT2D eigenvalue weighted by Crippen LogP contribution is -2.12. The first kappa shape index (κ1) is 17.0. The average Bonchev–Trinajstić information content (AvgIpc) is 2.99. The monoisotopic (exact) mass is 355 g/mol. The van der Waals surface area contributed by atoms with Crippen LogP contribution in [-0.2, 0) is 0 Å². The van der Waals surface area contributed by atoms with Crippen LogP contribution in [0.25, 0.3) is 11.3 Å². The van der Waals surface area contributed by atoms with Crippen molar-refractivity contribution in [3.63, 3.8) is 0 Å². The van der Waals surface area contributed by atoms with Crippen LogP contribution >= 0.6 is 11.6 Å². The summed E-state index contributed by atoms with van der Waals surface area (Å²) in [5.74, 6) is -0.172. The summed E-state index contributed by atoms with van der Waals surface area (Å²) in [5, 5.41) is 20.5. The highest BCUT2D eigenvalue weighted by molar-refractivity contribution is 6.31. The largest absolute Gasteiger partial charge is 0.507 e. The van der Waals surface area contributed by atoms with Gasteiger partial charge in [-0.05, 0) is 67.8 Å². The molecule has 5 nitrogen and oxygen atoms in total. The molecule has 0 aliphatic rings. The number of nitrogens with zero attached hydrogens (tertiary/aromatic N) is 1. The lowest BCUT2D eigenvalue weighted by atomic mass is 10.0. The van der Waals surface area contributed by atoms with E-state index in [1.165, 1.54) is 0 Å². The molecule has 0 saturated heterocycles. The number of hydrogen-bond acceptors (Lipinski definition) is 3. The van der Waals surface area contributed by atoms with Crippen molar-refractivity contribution in [1.29, 1.82) is 0 Å². The van der Waals surface area contributed by atoms with Crippen LogP contribution in [0, 0.1) is 20.8 Å². The molecule has 128 valence electrons. The van der Waals surface area contributed by atoms with Gasteiger partial charge in [0.15, 0.2) is 0 Å². The van der Waals surface area contributed by atoms with Crippen molar-refractivity contribution in [1.82, 2.24) is 10.2 Å². The third-order valence-electron chi connectivity index (χ3n) is 3.95. The fraction of sp³-hybridized carbons (Fsp3) is 0.158. The van der Waals surface area contributed by atoms with E-state index in [2.05, 4.69) is 15.5 Å². The van der Waals surface area contributed by atoms with E-state index in [1.54, 1.807) is 30.3 Å². The number of aromatic hydroxyl groups is 1. The standard InChI is InChI=1S/C19H18ClN3O2/c1-10-6-12(3)18(17(24)7-10)15-9-16(23-22-15)19(25)21-13-4-5-14(20)11(2)8-13/h4-9,24H,1-3H3,(H,21,25)(H,22,23). The van der Waals surface area contributed by atoms with Gasteiger partial charge in [0, 0.05) is 16.3 Å². The van der Waals surface area contributed by atoms with Gasteiger partial charge in [-0.3, -0.25) is 9.89 Å². The van der Waals surface area contributed by atoms with Gasteiger partial charge < -0.3 is 10.4 Å². The van der Waals surface area contributed by atoms with Crippen molar-refractivity contribution in [2.45, 2.75) is 20.8 Å². The summed E-state index contributed by atoms with van der Waals surface area (Å²) in [6.45, 7) is 5.68. The van der Waals surface area contributed by atoms with E-state index in [9.17, 15) is 9.90 Å². The molecule has 3 aromatic rings. The third kappa shape index (κ3) is 3.51. The molecule has 0 fully saturated rings. The number of amides is 1. The summed E-state index contributed by atoms with van der Waals surface area (Å²) in [6, 6.07) is 10.5. The van der Waals surface area contributed by atoms with E-state index in [-0.39, 0.29) is 11.7 Å². The van der Waals surface area contributed by atoms with Crippen molar-refractivity contribution in [3.05, 3.63) is 63.8 Å². The van der Waals surface area contributed by atoms with Gasteiger partial charge in [0.2, 0.25) is 0 Å². The van der Waals surface area contributed by atoms with E-state index in [0.29, 0.717) is 27.7 Å². The normalized spacial score (nSPS) is 10.7. The minimum Gasteiger partial charge on any atom is -0.507 e. The minimum absolute atomic E-state index is 0.143. The molecule has 1 heterocycles. The first-order valence-corrected chi connectivity index (χ1v) is 8.16. The molecule has 1 amide bonds. The SMILES string of the molecule is Cc1cc(C)c(-c2cc(C(=O)Nc3ccc(Cl)c(C)c3)[nH]n2)c(O)c1. The number of aromatic nitrogens is 2. The summed E-state index contributed by atoms with van der Waals surface area (Å²) >= 11 is 5.99. The maximum Gasteiger partial charge on any atom is 0.273 e. The fourth-order valence-corrected chi connectivity index (χ4v) is 2.88. The molecule has 6 heteroatoms. The molecule has 0 atom stereocenters. The first-order chi connectivity index (χ1) is 11.8. The van der Waals surface area contributed by atoms with Gasteiger partial charge in [-0.25, -0.2) is 0 Å². The summed E-state index contributed by atoms with van der Waals surface area (Å²) in [6.07, 6.45) is 0. The molecule has 2 aromatic carbocycles. The molecule has 0 bridgehead atoms. The highest BCUT2D eigenvalue weighted by Crippen LogP contribution is 2.32. The van der Waals surface area contributed by atoms with Gasteiger partial charge in [-0.2, -0.15) is 5.10 Å².